The summed E-state index contributed by atoms with van der Waals surface area (Å²) in [4.78, 5) is 26.8. The molecule has 0 radical (unpaired) electrons. The van der Waals surface area contributed by atoms with Crippen molar-refractivity contribution in [2.75, 3.05) is 5.32 Å². The molecule has 10 heteroatoms. The lowest BCUT2D eigenvalue weighted by Crippen LogP contribution is -2.20. The number of benzene rings is 1. The van der Waals surface area contributed by atoms with Gasteiger partial charge in [-0.1, -0.05) is 17.7 Å². The standard InChI is InChI=1S/C14H8ClF3N2O4/c15-10-7(13(22)23)4-5-9(24-14(16,17)18)11(10)20-12(21)8-3-1-2-6-19-8/h1-6H,(H,20,21)(H,22,23). The molecule has 0 spiro atoms. The Morgan fingerprint density at radius 3 is 2.46 bits per heavy atom. The number of hydrogen-bond acceptors (Lipinski definition) is 4. The number of halogens is 4. The number of nitrogens with zero attached hydrogens (tertiary/aromatic N) is 1. The maximum absolute atomic E-state index is 12.5. The fourth-order valence-corrected chi connectivity index (χ4v) is 2.01. The minimum absolute atomic E-state index is 0.104. The first-order valence-corrected chi connectivity index (χ1v) is 6.61. The molecule has 1 heterocycles. The van der Waals surface area contributed by atoms with Crippen LogP contribution in [0.1, 0.15) is 20.8 Å². The van der Waals surface area contributed by atoms with E-state index >= 15 is 0 Å². The smallest absolute Gasteiger partial charge is 0.478 e. The molecule has 1 amide bonds. The summed E-state index contributed by atoms with van der Waals surface area (Å²) in [6.07, 6.45) is -3.75. The molecule has 0 unspecified atom stereocenters. The normalized spacial score (nSPS) is 11.0. The minimum Gasteiger partial charge on any atom is -0.478 e. The predicted octanol–water partition coefficient (Wildman–Crippen LogP) is 3.58. The topological polar surface area (TPSA) is 88.5 Å². The lowest BCUT2D eigenvalue weighted by Gasteiger charge is -2.16. The number of carboxylic acid groups (broad SMARTS) is 1. The number of alkyl halides is 3. The van der Waals surface area contributed by atoms with Crippen molar-refractivity contribution in [1.82, 2.24) is 4.98 Å². The molecule has 1 aromatic carbocycles. The van der Waals surface area contributed by atoms with E-state index in [0.717, 1.165) is 12.1 Å². The predicted molar refractivity (Wildman–Crippen MR) is 77.3 cm³/mol. The molecule has 6 nitrogen and oxygen atoms in total. The summed E-state index contributed by atoms with van der Waals surface area (Å²) in [6.45, 7) is 0. The Kier molecular flexibility index (Phi) is 4.93. The summed E-state index contributed by atoms with van der Waals surface area (Å²) in [7, 11) is 0. The van der Waals surface area contributed by atoms with E-state index in [1.54, 1.807) is 0 Å². The third-order valence-electron chi connectivity index (χ3n) is 2.70. The molecule has 0 fully saturated rings. The minimum atomic E-state index is -5.06. The van der Waals surface area contributed by atoms with Gasteiger partial charge >= 0.3 is 12.3 Å². The Labute approximate surface area is 137 Å². The number of hydrogen-bond donors (Lipinski definition) is 2. The second-order valence-electron chi connectivity index (χ2n) is 4.32. The Morgan fingerprint density at radius 1 is 1.21 bits per heavy atom. The summed E-state index contributed by atoms with van der Waals surface area (Å²) in [5.41, 5.74) is -1.22. The van der Waals surface area contributed by atoms with Crippen LogP contribution in [0.3, 0.4) is 0 Å². The average molecular weight is 361 g/mol. The monoisotopic (exact) mass is 360 g/mol. The summed E-state index contributed by atoms with van der Waals surface area (Å²) >= 11 is 5.81. The first-order chi connectivity index (χ1) is 11.2. The number of aromatic nitrogens is 1. The zero-order valence-electron chi connectivity index (χ0n) is 11.6. The van der Waals surface area contributed by atoms with E-state index in [9.17, 15) is 22.8 Å². The molecule has 2 rings (SSSR count). The molecule has 0 aliphatic carbocycles. The van der Waals surface area contributed by atoms with Gasteiger partial charge in [0.25, 0.3) is 5.91 Å². The third kappa shape index (κ3) is 4.13. The van der Waals surface area contributed by atoms with Gasteiger partial charge < -0.3 is 15.2 Å². The van der Waals surface area contributed by atoms with Crippen molar-refractivity contribution >= 4 is 29.2 Å². The van der Waals surface area contributed by atoms with Crippen molar-refractivity contribution in [3.63, 3.8) is 0 Å². The Morgan fingerprint density at radius 2 is 1.92 bits per heavy atom. The van der Waals surface area contributed by atoms with E-state index < -0.39 is 40.3 Å². The van der Waals surface area contributed by atoms with Crippen molar-refractivity contribution in [3.05, 3.63) is 52.8 Å². The fraction of sp³-hybridized carbons (Fsp3) is 0.0714. The second kappa shape index (κ2) is 6.75. The molecule has 0 saturated heterocycles. The van der Waals surface area contributed by atoms with Crippen molar-refractivity contribution in [1.29, 1.82) is 0 Å². The number of aromatic carboxylic acids is 1. The second-order valence-corrected chi connectivity index (χ2v) is 4.70. The molecule has 0 atom stereocenters. The van der Waals surface area contributed by atoms with Crippen LogP contribution in [0, 0.1) is 0 Å². The largest absolute Gasteiger partial charge is 0.573 e. The molecule has 0 saturated carbocycles. The number of carboxylic acids is 1. The molecule has 24 heavy (non-hydrogen) atoms. The van der Waals surface area contributed by atoms with Gasteiger partial charge in [0.2, 0.25) is 0 Å². The molecule has 126 valence electrons. The van der Waals surface area contributed by atoms with Crippen LogP contribution in [0.25, 0.3) is 0 Å². The van der Waals surface area contributed by atoms with Crippen LogP contribution in [0.15, 0.2) is 36.5 Å². The maximum atomic E-state index is 12.5. The van der Waals surface area contributed by atoms with Gasteiger partial charge in [0.05, 0.1) is 10.6 Å². The Bertz CT molecular complexity index is 782. The number of carbonyl (C=O) groups excluding carboxylic acids is 1. The van der Waals surface area contributed by atoms with Crippen LogP contribution in [-0.4, -0.2) is 28.3 Å². The van der Waals surface area contributed by atoms with Crippen molar-refractivity contribution in [2.45, 2.75) is 6.36 Å². The highest BCUT2D eigenvalue weighted by Crippen LogP contribution is 2.38. The summed E-state index contributed by atoms with van der Waals surface area (Å²) < 4.78 is 41.2. The highest BCUT2D eigenvalue weighted by molar-refractivity contribution is 6.37. The van der Waals surface area contributed by atoms with Crippen molar-refractivity contribution in [2.24, 2.45) is 0 Å². The van der Waals surface area contributed by atoms with Gasteiger partial charge in [-0.3, -0.25) is 9.78 Å². The summed E-state index contributed by atoms with van der Waals surface area (Å²) in [6, 6.07) is 5.92. The first kappa shape index (κ1) is 17.5. The first-order valence-electron chi connectivity index (χ1n) is 6.23. The fourth-order valence-electron chi connectivity index (χ4n) is 1.72. The van der Waals surface area contributed by atoms with E-state index in [-0.39, 0.29) is 5.69 Å². The van der Waals surface area contributed by atoms with Crippen molar-refractivity contribution in [3.8, 4) is 5.75 Å². The van der Waals surface area contributed by atoms with Crippen molar-refractivity contribution < 1.29 is 32.6 Å². The molecular formula is C14H8ClF3N2O4. The molecule has 1 aromatic heterocycles. The molecule has 2 N–H and O–H groups in total. The lowest BCUT2D eigenvalue weighted by atomic mass is 10.1. The van der Waals surface area contributed by atoms with Gasteiger partial charge in [-0.2, -0.15) is 0 Å². The van der Waals surface area contributed by atoms with Gasteiger partial charge in [-0.15, -0.1) is 13.2 Å². The highest BCUT2D eigenvalue weighted by atomic mass is 35.5. The number of anilines is 1. The number of ether oxygens (including phenoxy) is 1. The maximum Gasteiger partial charge on any atom is 0.573 e. The van der Waals surface area contributed by atoms with Gasteiger partial charge in [-0.25, -0.2) is 4.79 Å². The molecular weight excluding hydrogens is 353 g/mol. The van der Waals surface area contributed by atoms with E-state index in [1.807, 2.05) is 0 Å². The quantitative estimate of drug-likeness (QED) is 0.870. The molecule has 0 aliphatic rings. The van der Waals surface area contributed by atoms with Crippen LogP contribution in [-0.2, 0) is 0 Å². The number of pyridine rings is 1. The average Bonchev–Trinajstić information content (AvgIpc) is 2.50. The van der Waals surface area contributed by atoms with Crippen LogP contribution in [0.4, 0.5) is 18.9 Å². The highest BCUT2D eigenvalue weighted by Gasteiger charge is 2.33. The van der Waals surface area contributed by atoms with E-state index in [4.69, 9.17) is 16.7 Å². The number of nitrogens with one attached hydrogen (secondary N) is 1. The Hall–Kier alpha value is -2.81. The third-order valence-corrected chi connectivity index (χ3v) is 3.09. The lowest BCUT2D eigenvalue weighted by molar-refractivity contribution is -0.274. The van der Waals surface area contributed by atoms with E-state index in [2.05, 4.69) is 15.0 Å². The number of rotatable bonds is 4. The molecule has 0 aliphatic heterocycles. The number of carbonyl (C=O) groups is 2. The zero-order chi connectivity index (χ0) is 17.9. The van der Waals surface area contributed by atoms with Gasteiger partial charge in [0.1, 0.15) is 11.4 Å². The van der Waals surface area contributed by atoms with Gasteiger partial charge in [-0.05, 0) is 24.3 Å². The van der Waals surface area contributed by atoms with Crippen LogP contribution < -0.4 is 10.1 Å². The molecule has 0 bridgehead atoms. The van der Waals surface area contributed by atoms with Crippen LogP contribution >= 0.6 is 11.6 Å². The summed E-state index contributed by atoms with van der Waals surface area (Å²) in [5.74, 6) is -3.21. The Balaban J connectivity index is 2.46. The van der Waals surface area contributed by atoms with Gasteiger partial charge in [0.15, 0.2) is 5.75 Å². The molecule has 2 aromatic rings. The van der Waals surface area contributed by atoms with Crippen LogP contribution in [0.5, 0.6) is 5.75 Å². The van der Waals surface area contributed by atoms with E-state index in [0.29, 0.717) is 0 Å². The zero-order valence-corrected chi connectivity index (χ0v) is 12.4. The van der Waals surface area contributed by atoms with E-state index in [1.165, 1.54) is 24.4 Å². The number of amides is 1. The van der Waals surface area contributed by atoms with Crippen LogP contribution in [0.2, 0.25) is 5.02 Å². The SMILES string of the molecule is O=C(Nc1c(OC(F)(F)F)ccc(C(=O)O)c1Cl)c1ccccn1. The summed E-state index contributed by atoms with van der Waals surface area (Å²) in [5, 5.41) is 10.5. The van der Waals surface area contributed by atoms with Gasteiger partial charge in [0, 0.05) is 6.20 Å².